The van der Waals surface area contributed by atoms with Gasteiger partial charge >= 0.3 is 6.03 Å². The highest BCUT2D eigenvalue weighted by atomic mass is 16.2. The van der Waals surface area contributed by atoms with Crippen LogP contribution < -0.4 is 11.1 Å². The number of nitrogens with zero attached hydrogens (tertiary/aromatic N) is 1. The summed E-state index contributed by atoms with van der Waals surface area (Å²) in [6.07, 6.45) is 2.07. The third-order valence-electron chi connectivity index (χ3n) is 2.90. The molecule has 1 rings (SSSR count). The van der Waals surface area contributed by atoms with E-state index in [0.717, 1.165) is 25.9 Å². The summed E-state index contributed by atoms with van der Waals surface area (Å²) in [6.45, 7) is 6.38. The molecule has 0 aromatic heterocycles. The third kappa shape index (κ3) is 2.87. The van der Waals surface area contributed by atoms with Crippen LogP contribution in [0.5, 0.6) is 0 Å². The Morgan fingerprint density at radius 2 is 2.14 bits per heavy atom. The summed E-state index contributed by atoms with van der Waals surface area (Å²) < 4.78 is 0. The van der Waals surface area contributed by atoms with Crippen LogP contribution in [0.3, 0.4) is 0 Å². The lowest BCUT2D eigenvalue weighted by atomic mass is 9.91. The monoisotopic (exact) mass is 199 g/mol. The van der Waals surface area contributed by atoms with E-state index in [4.69, 9.17) is 5.73 Å². The molecule has 1 unspecified atom stereocenters. The minimum atomic E-state index is 0.0654. The number of nitrogens with one attached hydrogen (secondary N) is 1. The van der Waals surface area contributed by atoms with Gasteiger partial charge in [0.1, 0.15) is 0 Å². The first-order valence-electron chi connectivity index (χ1n) is 5.43. The Morgan fingerprint density at radius 1 is 1.57 bits per heavy atom. The van der Waals surface area contributed by atoms with E-state index < -0.39 is 0 Å². The standard InChI is InChI=1S/C10H21N3O/c1-3-12-10(14)13-6-4-9(5-7-13)8(2)11/h8-9H,3-7,11H2,1-2H3,(H,12,14). The van der Waals surface area contributed by atoms with Gasteiger partial charge < -0.3 is 16.0 Å². The van der Waals surface area contributed by atoms with Crippen LogP contribution in [0.15, 0.2) is 0 Å². The lowest BCUT2D eigenvalue weighted by Crippen LogP contribution is -2.46. The number of hydrogen-bond donors (Lipinski definition) is 2. The van der Waals surface area contributed by atoms with Gasteiger partial charge in [0.2, 0.25) is 0 Å². The van der Waals surface area contributed by atoms with Crippen LogP contribution in [0.1, 0.15) is 26.7 Å². The number of carbonyl (C=O) groups is 1. The lowest BCUT2D eigenvalue weighted by molar-refractivity contribution is 0.165. The van der Waals surface area contributed by atoms with E-state index in [9.17, 15) is 4.79 Å². The topological polar surface area (TPSA) is 58.4 Å². The number of likely N-dealkylation sites (tertiary alicyclic amines) is 1. The van der Waals surface area contributed by atoms with Crippen molar-refractivity contribution in [3.05, 3.63) is 0 Å². The minimum Gasteiger partial charge on any atom is -0.338 e. The maximum atomic E-state index is 11.5. The smallest absolute Gasteiger partial charge is 0.317 e. The Labute approximate surface area is 85.8 Å². The Hall–Kier alpha value is -0.770. The SMILES string of the molecule is CCNC(=O)N1CCC(C(C)N)CC1. The van der Waals surface area contributed by atoms with Gasteiger partial charge in [-0.1, -0.05) is 0 Å². The highest BCUT2D eigenvalue weighted by Crippen LogP contribution is 2.19. The molecule has 0 saturated carbocycles. The highest BCUT2D eigenvalue weighted by Gasteiger charge is 2.24. The van der Waals surface area contributed by atoms with Crippen molar-refractivity contribution in [2.75, 3.05) is 19.6 Å². The van der Waals surface area contributed by atoms with Crippen molar-refractivity contribution >= 4 is 6.03 Å². The lowest BCUT2D eigenvalue weighted by Gasteiger charge is -2.33. The average molecular weight is 199 g/mol. The first kappa shape index (κ1) is 11.3. The molecular weight excluding hydrogens is 178 g/mol. The predicted molar refractivity (Wildman–Crippen MR) is 57.0 cm³/mol. The Morgan fingerprint density at radius 3 is 2.57 bits per heavy atom. The third-order valence-corrected chi connectivity index (χ3v) is 2.90. The molecule has 14 heavy (non-hydrogen) atoms. The zero-order chi connectivity index (χ0) is 10.6. The van der Waals surface area contributed by atoms with Crippen molar-refractivity contribution in [1.29, 1.82) is 0 Å². The maximum Gasteiger partial charge on any atom is 0.317 e. The van der Waals surface area contributed by atoms with Crippen LogP contribution in [-0.4, -0.2) is 36.6 Å². The molecule has 0 aliphatic carbocycles. The molecule has 82 valence electrons. The number of hydrogen-bond acceptors (Lipinski definition) is 2. The molecule has 0 aromatic carbocycles. The number of carbonyl (C=O) groups excluding carboxylic acids is 1. The molecule has 1 atom stereocenters. The fourth-order valence-corrected chi connectivity index (χ4v) is 1.89. The molecule has 4 nitrogen and oxygen atoms in total. The fourth-order valence-electron chi connectivity index (χ4n) is 1.89. The zero-order valence-corrected chi connectivity index (χ0v) is 9.12. The van der Waals surface area contributed by atoms with E-state index in [0.29, 0.717) is 12.5 Å². The summed E-state index contributed by atoms with van der Waals surface area (Å²) in [7, 11) is 0. The van der Waals surface area contributed by atoms with Crippen molar-refractivity contribution in [2.45, 2.75) is 32.7 Å². The van der Waals surface area contributed by atoms with Crippen molar-refractivity contribution < 1.29 is 4.79 Å². The molecule has 3 N–H and O–H groups in total. The molecule has 1 heterocycles. The van der Waals surface area contributed by atoms with Crippen LogP contribution in [0, 0.1) is 5.92 Å². The molecule has 0 radical (unpaired) electrons. The van der Waals surface area contributed by atoms with E-state index in [1.807, 2.05) is 18.7 Å². The number of rotatable bonds is 2. The van der Waals surface area contributed by atoms with Gasteiger partial charge in [0.05, 0.1) is 0 Å². The molecule has 1 aliphatic heterocycles. The second-order valence-electron chi connectivity index (χ2n) is 4.02. The van der Waals surface area contributed by atoms with Crippen molar-refractivity contribution in [1.82, 2.24) is 10.2 Å². The van der Waals surface area contributed by atoms with E-state index in [1.54, 1.807) is 0 Å². The summed E-state index contributed by atoms with van der Waals surface area (Å²) in [5, 5.41) is 2.82. The predicted octanol–water partition coefficient (Wildman–Crippen LogP) is 0.775. The first-order chi connectivity index (χ1) is 6.65. The van der Waals surface area contributed by atoms with Crippen molar-refractivity contribution in [3.63, 3.8) is 0 Å². The summed E-state index contributed by atoms with van der Waals surface area (Å²) in [6, 6.07) is 0.321. The molecule has 4 heteroatoms. The van der Waals surface area contributed by atoms with Crippen LogP contribution in [0.25, 0.3) is 0 Å². The van der Waals surface area contributed by atoms with Crippen molar-refractivity contribution in [3.8, 4) is 0 Å². The maximum absolute atomic E-state index is 11.5. The Bertz CT molecular complexity index is 186. The zero-order valence-electron chi connectivity index (χ0n) is 9.12. The van der Waals surface area contributed by atoms with Crippen LogP contribution >= 0.6 is 0 Å². The molecule has 0 aromatic rings. The first-order valence-corrected chi connectivity index (χ1v) is 5.43. The largest absolute Gasteiger partial charge is 0.338 e. The van der Waals surface area contributed by atoms with E-state index in [1.165, 1.54) is 0 Å². The Kier molecular flexibility index (Phi) is 4.20. The van der Waals surface area contributed by atoms with Crippen LogP contribution in [-0.2, 0) is 0 Å². The molecular formula is C10H21N3O. The summed E-state index contributed by atoms with van der Waals surface area (Å²) in [4.78, 5) is 13.3. The van der Waals surface area contributed by atoms with Gasteiger partial charge in [-0.05, 0) is 32.6 Å². The summed E-state index contributed by atoms with van der Waals surface area (Å²) in [5.74, 6) is 0.584. The van der Waals surface area contributed by atoms with E-state index >= 15 is 0 Å². The second-order valence-corrected chi connectivity index (χ2v) is 4.02. The van der Waals surface area contributed by atoms with Gasteiger partial charge in [-0.15, -0.1) is 0 Å². The normalized spacial score (nSPS) is 20.6. The quantitative estimate of drug-likeness (QED) is 0.690. The average Bonchev–Trinajstić information content (AvgIpc) is 2.18. The van der Waals surface area contributed by atoms with Crippen LogP contribution in [0.4, 0.5) is 4.79 Å². The van der Waals surface area contributed by atoms with Crippen LogP contribution in [0.2, 0.25) is 0 Å². The van der Waals surface area contributed by atoms with Crippen molar-refractivity contribution in [2.24, 2.45) is 11.7 Å². The second kappa shape index (κ2) is 5.20. The highest BCUT2D eigenvalue weighted by molar-refractivity contribution is 5.74. The van der Waals surface area contributed by atoms with E-state index in [2.05, 4.69) is 5.32 Å². The number of urea groups is 1. The van der Waals surface area contributed by atoms with Gasteiger partial charge in [0.15, 0.2) is 0 Å². The number of piperidine rings is 1. The Balaban J connectivity index is 2.31. The molecule has 2 amide bonds. The van der Waals surface area contributed by atoms with Gasteiger partial charge in [0.25, 0.3) is 0 Å². The number of amides is 2. The molecule has 1 saturated heterocycles. The molecule has 0 spiro atoms. The number of nitrogens with two attached hydrogens (primary N) is 1. The summed E-state index contributed by atoms with van der Waals surface area (Å²) in [5.41, 5.74) is 5.83. The fraction of sp³-hybridized carbons (Fsp3) is 0.900. The van der Waals surface area contributed by atoms with Gasteiger partial charge in [0, 0.05) is 25.7 Å². The van der Waals surface area contributed by atoms with Gasteiger partial charge in [-0.25, -0.2) is 4.79 Å². The summed E-state index contributed by atoms with van der Waals surface area (Å²) >= 11 is 0. The van der Waals surface area contributed by atoms with Gasteiger partial charge in [-0.2, -0.15) is 0 Å². The molecule has 1 aliphatic rings. The van der Waals surface area contributed by atoms with Gasteiger partial charge in [-0.3, -0.25) is 0 Å². The minimum absolute atomic E-state index is 0.0654. The molecule has 1 fully saturated rings. The molecule has 0 bridgehead atoms. The van der Waals surface area contributed by atoms with E-state index in [-0.39, 0.29) is 12.1 Å².